The summed E-state index contributed by atoms with van der Waals surface area (Å²) >= 11 is 6.07. The van der Waals surface area contributed by atoms with Crippen molar-refractivity contribution in [3.05, 3.63) is 70.8 Å². The molecule has 0 aromatic heterocycles. The first kappa shape index (κ1) is 17.2. The molecule has 0 unspecified atom stereocenters. The molecule has 20 heavy (non-hydrogen) atoms. The van der Waals surface area contributed by atoms with Gasteiger partial charge in [-0.15, -0.1) is 0 Å². The lowest BCUT2D eigenvalue weighted by atomic mass is 10.2. The molecule has 2 aromatic carbocycles. The van der Waals surface area contributed by atoms with Crippen LogP contribution in [0, 0.1) is 23.3 Å². The van der Waals surface area contributed by atoms with Crippen molar-refractivity contribution in [3.63, 3.8) is 0 Å². The van der Waals surface area contributed by atoms with Crippen molar-refractivity contribution in [2.24, 2.45) is 0 Å². The van der Waals surface area contributed by atoms with Gasteiger partial charge in [0.15, 0.2) is 23.3 Å². The van der Waals surface area contributed by atoms with E-state index in [1.165, 1.54) is 24.3 Å². The normalized spacial score (nSPS) is 9.90. The Hall–Kier alpha value is -0.880. The highest BCUT2D eigenvalue weighted by molar-refractivity contribution is 9.08. The van der Waals surface area contributed by atoms with Crippen LogP contribution in [-0.4, -0.2) is 0 Å². The second kappa shape index (κ2) is 8.42. The van der Waals surface area contributed by atoms with Crippen molar-refractivity contribution in [3.8, 4) is 0 Å². The van der Waals surface area contributed by atoms with E-state index in [9.17, 15) is 17.6 Å². The molecule has 0 nitrogen and oxygen atoms in total. The number of hydrogen-bond donors (Lipinski definition) is 0. The van der Waals surface area contributed by atoms with E-state index in [0.29, 0.717) is 21.8 Å². The topological polar surface area (TPSA) is 0 Å². The molecular weight excluding hydrogens is 404 g/mol. The first-order chi connectivity index (χ1) is 9.51. The summed E-state index contributed by atoms with van der Waals surface area (Å²) in [5.74, 6) is -3.12. The monoisotopic (exact) mass is 412 g/mol. The Bertz CT molecular complexity index is 522. The molecular formula is C14H10Br2F4. The van der Waals surface area contributed by atoms with Crippen LogP contribution in [0.3, 0.4) is 0 Å². The SMILES string of the molecule is Fc1cccc(CBr)c1F.Fc1cccc(CBr)c1F. The van der Waals surface area contributed by atoms with E-state index in [-0.39, 0.29) is 0 Å². The van der Waals surface area contributed by atoms with Gasteiger partial charge in [0.1, 0.15) is 0 Å². The molecule has 0 spiro atoms. The maximum Gasteiger partial charge on any atom is 0.162 e. The maximum atomic E-state index is 12.6. The van der Waals surface area contributed by atoms with Crippen LogP contribution >= 0.6 is 31.9 Å². The Morgan fingerprint density at radius 3 is 1.25 bits per heavy atom. The first-order valence-electron chi connectivity index (χ1n) is 5.49. The van der Waals surface area contributed by atoms with Crippen LogP contribution in [0.15, 0.2) is 36.4 Å². The molecule has 0 bridgehead atoms. The second-order valence-corrected chi connectivity index (χ2v) is 4.81. The molecule has 0 amide bonds. The third-order valence-corrected chi connectivity index (χ3v) is 3.56. The average Bonchev–Trinajstić information content (AvgIpc) is 2.45. The minimum Gasteiger partial charge on any atom is -0.204 e. The van der Waals surface area contributed by atoms with Gasteiger partial charge in [0, 0.05) is 21.8 Å². The molecule has 0 aliphatic carbocycles. The Kier molecular flexibility index (Phi) is 7.23. The van der Waals surface area contributed by atoms with Gasteiger partial charge in [0.2, 0.25) is 0 Å². The number of rotatable bonds is 2. The van der Waals surface area contributed by atoms with Crippen LogP contribution < -0.4 is 0 Å². The highest BCUT2D eigenvalue weighted by atomic mass is 79.9. The van der Waals surface area contributed by atoms with Crippen molar-refractivity contribution < 1.29 is 17.6 Å². The van der Waals surface area contributed by atoms with Crippen LogP contribution in [0.4, 0.5) is 17.6 Å². The van der Waals surface area contributed by atoms with Crippen molar-refractivity contribution in [2.45, 2.75) is 10.7 Å². The van der Waals surface area contributed by atoms with Crippen LogP contribution in [0.25, 0.3) is 0 Å². The summed E-state index contributed by atoms with van der Waals surface area (Å²) in [4.78, 5) is 0. The van der Waals surface area contributed by atoms with Crippen molar-refractivity contribution >= 4 is 31.9 Å². The van der Waals surface area contributed by atoms with E-state index in [1.54, 1.807) is 0 Å². The molecule has 0 saturated heterocycles. The maximum absolute atomic E-state index is 12.6. The number of halogens is 6. The smallest absolute Gasteiger partial charge is 0.162 e. The van der Waals surface area contributed by atoms with Gasteiger partial charge in [-0.2, -0.15) is 0 Å². The van der Waals surface area contributed by atoms with Crippen LogP contribution in [0.1, 0.15) is 11.1 Å². The number of hydrogen-bond acceptors (Lipinski definition) is 0. The summed E-state index contributed by atoms with van der Waals surface area (Å²) < 4.78 is 49.9. The van der Waals surface area contributed by atoms with Crippen molar-refractivity contribution in [1.29, 1.82) is 0 Å². The summed E-state index contributed by atoms with van der Waals surface area (Å²) in [5.41, 5.74) is 0.694. The zero-order chi connectivity index (χ0) is 15.1. The molecule has 0 N–H and O–H groups in total. The predicted octanol–water partition coefficient (Wildman–Crippen LogP) is 5.72. The van der Waals surface area contributed by atoms with Gasteiger partial charge in [0.05, 0.1) is 0 Å². The average molecular weight is 414 g/mol. The van der Waals surface area contributed by atoms with E-state index >= 15 is 0 Å². The van der Waals surface area contributed by atoms with Crippen molar-refractivity contribution in [2.75, 3.05) is 0 Å². The van der Waals surface area contributed by atoms with Gasteiger partial charge in [0.25, 0.3) is 0 Å². The molecule has 0 heterocycles. The molecule has 0 aliphatic rings. The highest BCUT2D eigenvalue weighted by Gasteiger charge is 2.05. The van der Waals surface area contributed by atoms with Crippen LogP contribution in [-0.2, 0) is 10.7 Å². The Balaban J connectivity index is 0.000000200. The molecule has 2 aromatic rings. The molecule has 6 heteroatoms. The van der Waals surface area contributed by atoms with Crippen LogP contribution in [0.2, 0.25) is 0 Å². The highest BCUT2D eigenvalue weighted by Crippen LogP contribution is 2.14. The molecule has 0 atom stereocenters. The summed E-state index contributed by atoms with van der Waals surface area (Å²) in [6.07, 6.45) is 0. The van der Waals surface area contributed by atoms with Gasteiger partial charge in [-0.05, 0) is 12.1 Å². The van der Waals surface area contributed by atoms with Gasteiger partial charge in [-0.25, -0.2) is 17.6 Å². The standard InChI is InChI=1S/2C7H5BrF2/c2*8-4-5-2-1-3-6(9)7(5)10/h2*1-3H,4H2. The lowest BCUT2D eigenvalue weighted by Crippen LogP contribution is -1.89. The Morgan fingerprint density at radius 2 is 1.00 bits per heavy atom. The zero-order valence-corrected chi connectivity index (χ0v) is 13.3. The molecule has 2 rings (SSSR count). The van der Waals surface area contributed by atoms with E-state index in [2.05, 4.69) is 31.9 Å². The molecule has 108 valence electrons. The predicted molar refractivity (Wildman–Crippen MR) is 78.0 cm³/mol. The van der Waals surface area contributed by atoms with Gasteiger partial charge in [-0.3, -0.25) is 0 Å². The zero-order valence-electron chi connectivity index (χ0n) is 10.1. The second-order valence-electron chi connectivity index (χ2n) is 3.69. The Morgan fingerprint density at radius 1 is 0.650 bits per heavy atom. The van der Waals surface area contributed by atoms with Gasteiger partial charge < -0.3 is 0 Å². The fourth-order valence-corrected chi connectivity index (χ4v) is 2.17. The molecule has 0 fully saturated rings. The fourth-order valence-electron chi connectivity index (χ4n) is 1.30. The Labute approximate surface area is 131 Å². The van der Waals surface area contributed by atoms with E-state index in [0.717, 1.165) is 12.1 Å². The first-order valence-corrected chi connectivity index (χ1v) is 7.73. The van der Waals surface area contributed by atoms with Gasteiger partial charge in [-0.1, -0.05) is 56.1 Å². The summed E-state index contributed by atoms with van der Waals surface area (Å²) in [6.45, 7) is 0. The largest absolute Gasteiger partial charge is 0.204 e. The van der Waals surface area contributed by atoms with Crippen molar-refractivity contribution in [1.82, 2.24) is 0 Å². The summed E-state index contributed by atoms with van der Waals surface area (Å²) in [5, 5.41) is 0.688. The lowest BCUT2D eigenvalue weighted by Gasteiger charge is -1.96. The van der Waals surface area contributed by atoms with Gasteiger partial charge >= 0.3 is 0 Å². The quantitative estimate of drug-likeness (QED) is 0.436. The van der Waals surface area contributed by atoms with E-state index in [1.807, 2.05) is 0 Å². The summed E-state index contributed by atoms with van der Waals surface area (Å²) in [7, 11) is 0. The molecule has 0 radical (unpaired) electrons. The number of alkyl halides is 2. The molecule has 0 aliphatic heterocycles. The third kappa shape index (κ3) is 4.59. The van der Waals surface area contributed by atoms with E-state index in [4.69, 9.17) is 0 Å². The number of benzene rings is 2. The third-order valence-electron chi connectivity index (χ3n) is 2.35. The minimum atomic E-state index is -0.794. The fraction of sp³-hybridized carbons (Fsp3) is 0.143. The summed E-state index contributed by atoms with van der Waals surface area (Å²) in [6, 6.07) is 8.23. The minimum absolute atomic E-state index is 0.344. The van der Waals surface area contributed by atoms with Crippen LogP contribution in [0.5, 0.6) is 0 Å². The lowest BCUT2D eigenvalue weighted by molar-refractivity contribution is 0.502. The van der Waals surface area contributed by atoms with E-state index < -0.39 is 23.3 Å². The molecule has 0 saturated carbocycles.